The standard InChI is InChI=1S/C14H20Br2N2O/c1-4-10(2)18(3)6-5-17-14(19)11-7-12(15)9-13(16)8-11/h7-10H,4-6H2,1-3H3,(H,17,19). The SMILES string of the molecule is CCC(C)N(C)CCNC(=O)c1cc(Br)cc(Br)c1. The van der Waals surface area contributed by atoms with E-state index < -0.39 is 0 Å². The highest BCUT2D eigenvalue weighted by atomic mass is 79.9. The zero-order chi connectivity index (χ0) is 14.4. The maximum atomic E-state index is 12.0. The van der Waals surface area contributed by atoms with Crippen LogP contribution in [0.3, 0.4) is 0 Å². The summed E-state index contributed by atoms with van der Waals surface area (Å²) in [6.45, 7) is 5.87. The maximum absolute atomic E-state index is 12.0. The third kappa shape index (κ3) is 5.63. The number of amides is 1. The summed E-state index contributed by atoms with van der Waals surface area (Å²) in [6, 6.07) is 6.08. The second-order valence-corrected chi connectivity index (χ2v) is 6.48. The van der Waals surface area contributed by atoms with Crippen molar-refractivity contribution < 1.29 is 4.79 Å². The number of nitrogens with zero attached hydrogens (tertiary/aromatic N) is 1. The van der Waals surface area contributed by atoms with E-state index in [1.54, 1.807) is 0 Å². The monoisotopic (exact) mass is 390 g/mol. The van der Waals surface area contributed by atoms with E-state index in [1.807, 2.05) is 18.2 Å². The molecule has 106 valence electrons. The van der Waals surface area contributed by atoms with E-state index >= 15 is 0 Å². The van der Waals surface area contributed by atoms with E-state index in [9.17, 15) is 4.79 Å². The predicted molar refractivity (Wildman–Crippen MR) is 86.6 cm³/mol. The van der Waals surface area contributed by atoms with Crippen molar-refractivity contribution in [1.82, 2.24) is 10.2 Å². The third-order valence-electron chi connectivity index (χ3n) is 3.22. The molecule has 1 atom stereocenters. The molecule has 19 heavy (non-hydrogen) atoms. The number of nitrogens with one attached hydrogen (secondary N) is 1. The summed E-state index contributed by atoms with van der Waals surface area (Å²) in [5.74, 6) is -0.0421. The van der Waals surface area contributed by atoms with Crippen LogP contribution in [0.25, 0.3) is 0 Å². The van der Waals surface area contributed by atoms with Gasteiger partial charge in [0.2, 0.25) is 0 Å². The van der Waals surface area contributed by atoms with Crippen LogP contribution >= 0.6 is 31.9 Å². The lowest BCUT2D eigenvalue weighted by Gasteiger charge is -2.23. The van der Waals surface area contributed by atoms with Crippen LogP contribution in [0.4, 0.5) is 0 Å². The first-order chi connectivity index (χ1) is 8.93. The first kappa shape index (κ1) is 16.7. The minimum atomic E-state index is -0.0421. The number of benzene rings is 1. The number of likely N-dealkylation sites (N-methyl/N-ethyl adjacent to an activating group) is 1. The minimum Gasteiger partial charge on any atom is -0.351 e. The van der Waals surface area contributed by atoms with Gasteiger partial charge in [-0.25, -0.2) is 0 Å². The molecular formula is C14H20Br2N2O. The van der Waals surface area contributed by atoms with Crippen molar-refractivity contribution in [2.45, 2.75) is 26.3 Å². The molecule has 0 saturated carbocycles. The topological polar surface area (TPSA) is 32.3 Å². The maximum Gasteiger partial charge on any atom is 0.251 e. The smallest absolute Gasteiger partial charge is 0.251 e. The molecule has 0 bridgehead atoms. The van der Waals surface area contributed by atoms with Crippen LogP contribution in [0.2, 0.25) is 0 Å². The summed E-state index contributed by atoms with van der Waals surface area (Å²) in [5.41, 5.74) is 0.660. The molecule has 0 heterocycles. The lowest BCUT2D eigenvalue weighted by atomic mass is 10.2. The molecular weight excluding hydrogens is 372 g/mol. The zero-order valence-corrected chi connectivity index (χ0v) is 14.7. The van der Waals surface area contributed by atoms with Gasteiger partial charge in [-0.3, -0.25) is 4.79 Å². The van der Waals surface area contributed by atoms with E-state index in [1.165, 1.54) is 0 Å². The van der Waals surface area contributed by atoms with Gasteiger partial charge in [-0.1, -0.05) is 38.8 Å². The number of hydrogen-bond acceptors (Lipinski definition) is 2. The molecule has 1 aromatic carbocycles. The molecule has 0 spiro atoms. The quantitative estimate of drug-likeness (QED) is 0.802. The van der Waals surface area contributed by atoms with Gasteiger partial charge in [0.05, 0.1) is 0 Å². The zero-order valence-electron chi connectivity index (χ0n) is 11.5. The Morgan fingerprint density at radius 2 is 1.89 bits per heavy atom. The molecule has 0 saturated heterocycles. The van der Waals surface area contributed by atoms with E-state index in [-0.39, 0.29) is 5.91 Å². The molecule has 0 radical (unpaired) electrons. The Balaban J connectivity index is 2.47. The lowest BCUT2D eigenvalue weighted by molar-refractivity contribution is 0.0947. The van der Waals surface area contributed by atoms with E-state index in [0.29, 0.717) is 18.2 Å². The third-order valence-corrected chi connectivity index (χ3v) is 4.13. The average Bonchev–Trinajstić information content (AvgIpc) is 2.36. The number of halogens is 2. The van der Waals surface area contributed by atoms with Gasteiger partial charge >= 0.3 is 0 Å². The van der Waals surface area contributed by atoms with Gasteiger partial charge in [0.1, 0.15) is 0 Å². The van der Waals surface area contributed by atoms with Crippen LogP contribution < -0.4 is 5.32 Å². The Kier molecular flexibility index (Phi) is 7.04. The van der Waals surface area contributed by atoms with Gasteiger partial charge in [-0.15, -0.1) is 0 Å². The normalized spacial score (nSPS) is 12.5. The molecule has 0 aliphatic carbocycles. The first-order valence-corrected chi connectivity index (χ1v) is 7.97. The van der Waals surface area contributed by atoms with Gasteiger partial charge < -0.3 is 10.2 Å². The van der Waals surface area contributed by atoms with E-state index in [2.05, 4.69) is 63.0 Å². The molecule has 0 fully saturated rings. The van der Waals surface area contributed by atoms with Crippen molar-refractivity contribution >= 4 is 37.8 Å². The number of carbonyl (C=O) groups is 1. The molecule has 1 N–H and O–H groups in total. The Bertz CT molecular complexity index is 417. The fraction of sp³-hybridized carbons (Fsp3) is 0.500. The Morgan fingerprint density at radius 3 is 2.42 bits per heavy atom. The summed E-state index contributed by atoms with van der Waals surface area (Å²) < 4.78 is 1.78. The summed E-state index contributed by atoms with van der Waals surface area (Å²) in [4.78, 5) is 14.2. The van der Waals surface area contributed by atoms with Crippen molar-refractivity contribution in [3.8, 4) is 0 Å². The van der Waals surface area contributed by atoms with Crippen LogP contribution in [0.15, 0.2) is 27.1 Å². The van der Waals surface area contributed by atoms with Crippen molar-refractivity contribution in [2.24, 2.45) is 0 Å². The van der Waals surface area contributed by atoms with Crippen molar-refractivity contribution in [3.05, 3.63) is 32.7 Å². The molecule has 0 aliphatic heterocycles. The summed E-state index contributed by atoms with van der Waals surface area (Å²) in [6.07, 6.45) is 1.11. The van der Waals surface area contributed by atoms with Crippen molar-refractivity contribution in [2.75, 3.05) is 20.1 Å². The fourth-order valence-corrected chi connectivity index (χ4v) is 2.96. The Hall–Kier alpha value is -0.390. The highest BCUT2D eigenvalue weighted by molar-refractivity contribution is 9.11. The highest BCUT2D eigenvalue weighted by Crippen LogP contribution is 2.19. The van der Waals surface area contributed by atoms with Crippen LogP contribution in [0, 0.1) is 0 Å². The Labute approximate surface area is 132 Å². The summed E-state index contributed by atoms with van der Waals surface area (Å²) in [7, 11) is 2.08. The van der Waals surface area contributed by atoms with Gasteiger partial charge in [-0.05, 0) is 38.6 Å². The largest absolute Gasteiger partial charge is 0.351 e. The van der Waals surface area contributed by atoms with Gasteiger partial charge in [0.25, 0.3) is 5.91 Å². The number of carbonyl (C=O) groups excluding carboxylic acids is 1. The summed E-state index contributed by atoms with van der Waals surface area (Å²) >= 11 is 6.77. The second-order valence-electron chi connectivity index (χ2n) is 4.65. The predicted octanol–water partition coefficient (Wildman–Crippen LogP) is 3.67. The average molecular weight is 392 g/mol. The van der Waals surface area contributed by atoms with Crippen LogP contribution in [0.1, 0.15) is 30.6 Å². The molecule has 5 heteroatoms. The minimum absolute atomic E-state index is 0.0421. The van der Waals surface area contributed by atoms with Crippen molar-refractivity contribution in [3.63, 3.8) is 0 Å². The van der Waals surface area contributed by atoms with Gasteiger partial charge in [0.15, 0.2) is 0 Å². The van der Waals surface area contributed by atoms with Crippen LogP contribution in [-0.2, 0) is 0 Å². The first-order valence-electron chi connectivity index (χ1n) is 6.38. The highest BCUT2D eigenvalue weighted by Gasteiger charge is 2.09. The molecule has 1 amide bonds. The molecule has 0 aliphatic rings. The van der Waals surface area contributed by atoms with Gasteiger partial charge in [0, 0.05) is 33.6 Å². The van der Waals surface area contributed by atoms with Gasteiger partial charge in [-0.2, -0.15) is 0 Å². The molecule has 0 aromatic heterocycles. The molecule has 3 nitrogen and oxygen atoms in total. The van der Waals surface area contributed by atoms with E-state index in [0.717, 1.165) is 21.9 Å². The lowest BCUT2D eigenvalue weighted by Crippen LogP contribution is -2.37. The van der Waals surface area contributed by atoms with E-state index in [4.69, 9.17) is 0 Å². The fourth-order valence-electron chi connectivity index (χ4n) is 1.66. The van der Waals surface area contributed by atoms with Crippen LogP contribution in [0.5, 0.6) is 0 Å². The second kappa shape index (κ2) is 8.02. The number of rotatable bonds is 6. The molecule has 1 aromatic rings. The van der Waals surface area contributed by atoms with Crippen molar-refractivity contribution in [1.29, 1.82) is 0 Å². The summed E-state index contributed by atoms with van der Waals surface area (Å²) in [5, 5.41) is 2.94. The Morgan fingerprint density at radius 1 is 1.32 bits per heavy atom. The molecule has 1 unspecified atom stereocenters. The number of hydrogen-bond donors (Lipinski definition) is 1. The van der Waals surface area contributed by atoms with Crippen LogP contribution in [-0.4, -0.2) is 37.0 Å². The molecule has 1 rings (SSSR count).